The molecule has 0 unspecified atom stereocenters. The predicted octanol–water partition coefficient (Wildman–Crippen LogP) is 2.53. The monoisotopic (exact) mass is 309 g/mol. The van der Waals surface area contributed by atoms with Crippen molar-refractivity contribution in [2.24, 2.45) is 5.10 Å². The van der Waals surface area contributed by atoms with Gasteiger partial charge in [-0.25, -0.2) is 5.43 Å². The summed E-state index contributed by atoms with van der Waals surface area (Å²) in [6.07, 6.45) is 2.91. The highest BCUT2D eigenvalue weighted by Crippen LogP contribution is 2.15. The summed E-state index contributed by atoms with van der Waals surface area (Å²) in [5.41, 5.74) is 4.92. The van der Waals surface area contributed by atoms with Gasteiger partial charge in [0.05, 0.1) is 0 Å². The summed E-state index contributed by atoms with van der Waals surface area (Å²) < 4.78 is 0. The third-order valence-corrected chi connectivity index (χ3v) is 3.28. The minimum Gasteiger partial charge on any atom is -0.317 e. The number of amides is 2. The van der Waals surface area contributed by atoms with Crippen LogP contribution in [-0.4, -0.2) is 18.0 Å². The zero-order valence-electron chi connectivity index (χ0n) is 13.0. The van der Waals surface area contributed by atoms with Crippen molar-refractivity contribution in [3.05, 3.63) is 65.7 Å². The summed E-state index contributed by atoms with van der Waals surface area (Å²) in [6, 6.07) is 17.1. The molecule has 0 aliphatic carbocycles. The lowest BCUT2D eigenvalue weighted by Crippen LogP contribution is -2.32. The molecule has 0 fully saturated rings. The van der Waals surface area contributed by atoms with Gasteiger partial charge in [0.2, 0.25) is 0 Å². The topological polar surface area (TPSA) is 70.6 Å². The summed E-state index contributed by atoms with van der Waals surface area (Å²) in [6.45, 7) is 1.99. The van der Waals surface area contributed by atoms with Crippen molar-refractivity contribution in [2.75, 3.05) is 5.32 Å². The van der Waals surface area contributed by atoms with E-state index in [4.69, 9.17) is 0 Å². The van der Waals surface area contributed by atoms with Crippen LogP contribution in [0.1, 0.15) is 18.1 Å². The molecule has 0 saturated carbocycles. The molecule has 0 spiro atoms. The molecule has 2 aromatic carbocycles. The second kappa shape index (κ2) is 8.48. The molecule has 0 saturated heterocycles. The quantitative estimate of drug-likeness (QED) is 0.506. The highest BCUT2D eigenvalue weighted by atomic mass is 16.2. The molecule has 0 radical (unpaired) electrons. The van der Waals surface area contributed by atoms with Crippen LogP contribution in [0.15, 0.2) is 59.7 Å². The summed E-state index contributed by atoms with van der Waals surface area (Å²) in [7, 11) is 0. The Hall–Kier alpha value is -2.95. The number of aryl methyl sites for hydroxylation is 1. The fourth-order valence-electron chi connectivity index (χ4n) is 2.05. The van der Waals surface area contributed by atoms with E-state index in [1.54, 1.807) is 12.3 Å². The van der Waals surface area contributed by atoms with Crippen LogP contribution in [-0.2, 0) is 22.4 Å². The molecule has 0 heterocycles. The second-order valence-corrected chi connectivity index (χ2v) is 4.91. The van der Waals surface area contributed by atoms with E-state index in [1.165, 1.54) is 0 Å². The molecule has 2 rings (SSSR count). The number of carbonyl (C=O) groups is 2. The van der Waals surface area contributed by atoms with Crippen molar-refractivity contribution in [3.63, 3.8) is 0 Å². The smallest absolute Gasteiger partial charge is 0.317 e. The van der Waals surface area contributed by atoms with Crippen LogP contribution in [0.5, 0.6) is 0 Å². The number of nitrogens with one attached hydrogen (secondary N) is 2. The molecule has 23 heavy (non-hydrogen) atoms. The molecule has 5 nitrogen and oxygen atoms in total. The molecule has 5 heteroatoms. The maximum absolute atomic E-state index is 11.8. The van der Waals surface area contributed by atoms with Gasteiger partial charge in [0.25, 0.3) is 0 Å². The van der Waals surface area contributed by atoms with Crippen LogP contribution >= 0.6 is 0 Å². The van der Waals surface area contributed by atoms with E-state index < -0.39 is 11.8 Å². The summed E-state index contributed by atoms with van der Waals surface area (Å²) in [4.78, 5) is 23.6. The molecule has 0 bridgehead atoms. The number of rotatable bonds is 5. The van der Waals surface area contributed by atoms with Crippen molar-refractivity contribution in [2.45, 2.75) is 19.8 Å². The predicted molar refractivity (Wildman–Crippen MR) is 91.2 cm³/mol. The van der Waals surface area contributed by atoms with Crippen molar-refractivity contribution < 1.29 is 9.59 Å². The summed E-state index contributed by atoms with van der Waals surface area (Å²) in [5.74, 6) is -1.53. The van der Waals surface area contributed by atoms with E-state index in [0.29, 0.717) is 12.1 Å². The summed E-state index contributed by atoms with van der Waals surface area (Å²) >= 11 is 0. The van der Waals surface area contributed by atoms with Gasteiger partial charge in [0.15, 0.2) is 0 Å². The highest BCUT2D eigenvalue weighted by molar-refractivity contribution is 6.39. The Balaban J connectivity index is 1.84. The van der Waals surface area contributed by atoms with Crippen LogP contribution in [0.3, 0.4) is 0 Å². The molecular formula is C18H19N3O2. The number of hydrogen-bond acceptors (Lipinski definition) is 3. The molecular weight excluding hydrogens is 290 g/mol. The standard InChI is InChI=1S/C18H19N3O2/c1-2-15-10-6-7-11-16(15)20-17(22)18(23)21-19-13-12-14-8-4-3-5-9-14/h3-11,13H,2,12H2,1H3,(H,20,22)(H,21,23)/b19-13+. The third-order valence-electron chi connectivity index (χ3n) is 3.28. The van der Waals surface area contributed by atoms with Crippen LogP contribution in [0, 0.1) is 0 Å². The molecule has 0 aliphatic rings. The normalized spacial score (nSPS) is 10.5. The first kappa shape index (κ1) is 16.4. The van der Waals surface area contributed by atoms with E-state index in [0.717, 1.165) is 17.5 Å². The Kier molecular flexibility index (Phi) is 6.06. The number of nitrogens with zero attached hydrogens (tertiary/aromatic N) is 1. The highest BCUT2D eigenvalue weighted by Gasteiger charge is 2.13. The second-order valence-electron chi connectivity index (χ2n) is 4.91. The first-order chi connectivity index (χ1) is 11.2. The Morgan fingerprint density at radius 1 is 1.00 bits per heavy atom. The zero-order chi connectivity index (χ0) is 16.5. The van der Waals surface area contributed by atoms with Crippen molar-refractivity contribution in [3.8, 4) is 0 Å². The maximum Gasteiger partial charge on any atom is 0.329 e. The molecule has 2 aromatic rings. The fraction of sp³-hybridized carbons (Fsp3) is 0.167. The number of carbonyl (C=O) groups excluding carboxylic acids is 2. The Morgan fingerprint density at radius 3 is 2.43 bits per heavy atom. The first-order valence-electron chi connectivity index (χ1n) is 7.45. The van der Waals surface area contributed by atoms with Gasteiger partial charge < -0.3 is 5.32 Å². The van der Waals surface area contributed by atoms with Gasteiger partial charge in [-0.15, -0.1) is 0 Å². The average Bonchev–Trinajstić information content (AvgIpc) is 2.60. The van der Waals surface area contributed by atoms with Gasteiger partial charge >= 0.3 is 11.8 Å². The van der Waals surface area contributed by atoms with E-state index in [-0.39, 0.29) is 0 Å². The largest absolute Gasteiger partial charge is 0.329 e. The molecule has 2 amide bonds. The van der Waals surface area contributed by atoms with Crippen molar-refractivity contribution in [1.82, 2.24) is 5.43 Å². The van der Waals surface area contributed by atoms with Gasteiger partial charge in [0, 0.05) is 18.3 Å². The van der Waals surface area contributed by atoms with Gasteiger partial charge in [0.1, 0.15) is 0 Å². The number of anilines is 1. The first-order valence-corrected chi connectivity index (χ1v) is 7.45. The van der Waals surface area contributed by atoms with Crippen LogP contribution in [0.2, 0.25) is 0 Å². The molecule has 2 N–H and O–H groups in total. The summed E-state index contributed by atoms with van der Waals surface area (Å²) in [5, 5.41) is 6.38. The van der Waals surface area contributed by atoms with Crippen molar-refractivity contribution in [1.29, 1.82) is 0 Å². The number of hydrazone groups is 1. The Bertz CT molecular complexity index is 696. The minimum absolute atomic E-state index is 0.585. The van der Waals surface area contributed by atoms with E-state index in [9.17, 15) is 9.59 Å². The van der Waals surface area contributed by atoms with Crippen LogP contribution < -0.4 is 10.7 Å². The maximum atomic E-state index is 11.8. The van der Waals surface area contributed by atoms with Crippen LogP contribution in [0.4, 0.5) is 5.69 Å². The SMILES string of the molecule is CCc1ccccc1NC(=O)C(=O)N/N=C/Cc1ccccc1. The molecule has 0 atom stereocenters. The van der Waals surface area contributed by atoms with Crippen molar-refractivity contribution >= 4 is 23.7 Å². The van der Waals surface area contributed by atoms with E-state index in [2.05, 4.69) is 15.8 Å². The lowest BCUT2D eigenvalue weighted by molar-refractivity contribution is -0.136. The van der Waals surface area contributed by atoms with Crippen LogP contribution in [0.25, 0.3) is 0 Å². The van der Waals surface area contributed by atoms with Gasteiger partial charge in [-0.1, -0.05) is 55.5 Å². The number of hydrogen-bond donors (Lipinski definition) is 2. The fourth-order valence-corrected chi connectivity index (χ4v) is 2.05. The number of para-hydroxylation sites is 1. The lowest BCUT2D eigenvalue weighted by atomic mass is 10.1. The van der Waals surface area contributed by atoms with Gasteiger partial charge in [-0.05, 0) is 23.6 Å². The van der Waals surface area contributed by atoms with E-state index in [1.807, 2.05) is 55.5 Å². The average molecular weight is 309 g/mol. The Labute approximate surface area is 135 Å². The molecule has 118 valence electrons. The third kappa shape index (κ3) is 5.07. The van der Waals surface area contributed by atoms with Gasteiger partial charge in [-0.2, -0.15) is 5.10 Å². The Morgan fingerprint density at radius 2 is 1.70 bits per heavy atom. The number of benzene rings is 2. The molecule has 0 aromatic heterocycles. The van der Waals surface area contributed by atoms with Gasteiger partial charge in [-0.3, -0.25) is 9.59 Å². The minimum atomic E-state index is -0.791. The lowest BCUT2D eigenvalue weighted by Gasteiger charge is -2.08. The molecule has 0 aliphatic heterocycles. The zero-order valence-corrected chi connectivity index (χ0v) is 13.0. The van der Waals surface area contributed by atoms with E-state index >= 15 is 0 Å².